The van der Waals surface area contributed by atoms with Crippen LogP contribution in [0.25, 0.3) is 11.0 Å². The number of furan rings is 1. The first-order valence-corrected chi connectivity index (χ1v) is 4.91. The van der Waals surface area contributed by atoms with Crippen molar-refractivity contribution in [2.24, 2.45) is 0 Å². The molecule has 0 spiro atoms. The number of hydrogen-bond acceptors (Lipinski definition) is 4. The zero-order chi connectivity index (χ0) is 11.5. The van der Waals surface area contributed by atoms with E-state index >= 15 is 0 Å². The van der Waals surface area contributed by atoms with Crippen molar-refractivity contribution in [3.63, 3.8) is 0 Å². The van der Waals surface area contributed by atoms with Gasteiger partial charge in [0.25, 0.3) is 0 Å². The molecule has 16 heavy (non-hydrogen) atoms. The molecule has 1 aromatic heterocycles. The topological polar surface area (TPSA) is 56.5 Å². The van der Waals surface area contributed by atoms with Crippen LogP contribution in [-0.2, 0) is 4.74 Å². The maximum atomic E-state index is 11.6. The molecule has 0 aliphatic carbocycles. The molecule has 1 aromatic carbocycles. The molecule has 0 saturated carbocycles. The molecule has 0 radical (unpaired) electrons. The van der Waals surface area contributed by atoms with E-state index in [1.807, 2.05) is 0 Å². The van der Waals surface area contributed by atoms with E-state index in [-0.39, 0.29) is 5.76 Å². The molecule has 0 aliphatic heterocycles. The van der Waals surface area contributed by atoms with Crippen LogP contribution in [0.2, 0.25) is 0 Å². The Morgan fingerprint density at radius 2 is 2.31 bits per heavy atom. The zero-order valence-corrected chi connectivity index (χ0v) is 8.73. The lowest BCUT2D eigenvalue weighted by molar-refractivity contribution is 0.0528. The van der Waals surface area contributed by atoms with E-state index in [1.165, 1.54) is 6.07 Å². The fraction of sp³-hybridized carbons (Fsp3) is 0.167. The highest BCUT2D eigenvalue weighted by Gasteiger charge is 2.13. The molecule has 2 rings (SSSR count). The van der Waals surface area contributed by atoms with Crippen molar-refractivity contribution in [3.05, 3.63) is 35.6 Å². The molecule has 0 unspecified atom stereocenters. The third kappa shape index (κ3) is 1.69. The van der Waals surface area contributed by atoms with Gasteiger partial charge in [0.15, 0.2) is 12.0 Å². The third-order valence-electron chi connectivity index (χ3n) is 2.19. The van der Waals surface area contributed by atoms with Gasteiger partial charge in [-0.15, -0.1) is 0 Å². The van der Waals surface area contributed by atoms with E-state index in [1.54, 1.807) is 25.1 Å². The molecule has 0 N–H and O–H groups in total. The van der Waals surface area contributed by atoms with Gasteiger partial charge in [-0.25, -0.2) is 4.79 Å². The van der Waals surface area contributed by atoms with Crippen LogP contribution in [0.4, 0.5) is 0 Å². The summed E-state index contributed by atoms with van der Waals surface area (Å²) >= 11 is 0. The minimum Gasteiger partial charge on any atom is -0.462 e. The maximum Gasteiger partial charge on any atom is 0.338 e. The first-order chi connectivity index (χ1) is 7.76. The van der Waals surface area contributed by atoms with Crippen molar-refractivity contribution in [1.29, 1.82) is 0 Å². The van der Waals surface area contributed by atoms with Gasteiger partial charge >= 0.3 is 5.97 Å². The molecule has 4 nitrogen and oxygen atoms in total. The molecule has 0 saturated heterocycles. The van der Waals surface area contributed by atoms with Gasteiger partial charge in [-0.3, -0.25) is 4.79 Å². The Bertz CT molecular complexity index is 539. The average Bonchev–Trinajstić information content (AvgIpc) is 2.71. The van der Waals surface area contributed by atoms with E-state index in [4.69, 9.17) is 9.15 Å². The summed E-state index contributed by atoms with van der Waals surface area (Å²) in [6.07, 6.45) is 0.606. The highest BCUT2D eigenvalue weighted by atomic mass is 16.5. The standard InChI is InChI=1S/C12H10O4/c1-2-15-12(14)9-4-3-5-11-10(9)6-8(7-13)16-11/h3-7H,2H2,1H3. The number of carbonyl (C=O) groups is 2. The van der Waals surface area contributed by atoms with Crippen LogP contribution >= 0.6 is 0 Å². The lowest BCUT2D eigenvalue weighted by Crippen LogP contribution is -2.04. The molecular weight excluding hydrogens is 208 g/mol. The summed E-state index contributed by atoms with van der Waals surface area (Å²) in [4.78, 5) is 22.2. The molecular formula is C12H10O4. The van der Waals surface area contributed by atoms with E-state index in [9.17, 15) is 9.59 Å². The molecule has 0 aliphatic rings. The van der Waals surface area contributed by atoms with Gasteiger partial charge in [0, 0.05) is 5.39 Å². The number of esters is 1. The first-order valence-electron chi connectivity index (χ1n) is 4.91. The number of benzene rings is 1. The van der Waals surface area contributed by atoms with Crippen LogP contribution in [0.15, 0.2) is 28.7 Å². The van der Waals surface area contributed by atoms with Crippen LogP contribution in [-0.4, -0.2) is 18.9 Å². The highest BCUT2D eigenvalue weighted by molar-refractivity contribution is 6.04. The van der Waals surface area contributed by atoms with Gasteiger partial charge in [0.05, 0.1) is 12.2 Å². The van der Waals surface area contributed by atoms with Gasteiger partial charge in [0.1, 0.15) is 5.58 Å². The van der Waals surface area contributed by atoms with Gasteiger partial charge in [0.2, 0.25) is 0 Å². The van der Waals surface area contributed by atoms with E-state index in [0.29, 0.717) is 29.4 Å². The van der Waals surface area contributed by atoms with Crippen LogP contribution in [0.3, 0.4) is 0 Å². The maximum absolute atomic E-state index is 11.6. The summed E-state index contributed by atoms with van der Waals surface area (Å²) in [5.74, 6) is -0.210. The minimum atomic E-state index is -0.411. The summed E-state index contributed by atoms with van der Waals surface area (Å²) in [5.41, 5.74) is 0.920. The average molecular weight is 218 g/mol. The highest BCUT2D eigenvalue weighted by Crippen LogP contribution is 2.22. The Labute approximate surface area is 91.8 Å². The SMILES string of the molecule is CCOC(=O)c1cccc2oc(C=O)cc12. The van der Waals surface area contributed by atoms with Gasteiger partial charge in [-0.1, -0.05) is 6.07 Å². The zero-order valence-electron chi connectivity index (χ0n) is 8.73. The molecule has 0 atom stereocenters. The van der Waals surface area contributed by atoms with Crippen LogP contribution < -0.4 is 0 Å². The number of aldehydes is 1. The summed E-state index contributed by atoms with van der Waals surface area (Å²) in [6, 6.07) is 6.57. The second-order valence-corrected chi connectivity index (χ2v) is 3.20. The van der Waals surface area contributed by atoms with Crippen LogP contribution in [0, 0.1) is 0 Å². The molecule has 1 heterocycles. The largest absolute Gasteiger partial charge is 0.462 e. The minimum absolute atomic E-state index is 0.201. The molecule has 82 valence electrons. The Hall–Kier alpha value is -2.10. The van der Waals surface area contributed by atoms with Crippen molar-refractivity contribution >= 4 is 23.2 Å². The van der Waals surface area contributed by atoms with E-state index < -0.39 is 5.97 Å². The predicted octanol–water partition coefficient (Wildman–Crippen LogP) is 2.42. The molecule has 4 heteroatoms. The third-order valence-corrected chi connectivity index (χ3v) is 2.19. The van der Waals surface area contributed by atoms with Crippen molar-refractivity contribution < 1.29 is 18.7 Å². The van der Waals surface area contributed by atoms with E-state index in [0.717, 1.165) is 0 Å². The number of carbonyl (C=O) groups excluding carboxylic acids is 2. The van der Waals surface area contributed by atoms with Crippen molar-refractivity contribution in [1.82, 2.24) is 0 Å². The fourth-order valence-electron chi connectivity index (χ4n) is 1.53. The van der Waals surface area contributed by atoms with Crippen molar-refractivity contribution in [3.8, 4) is 0 Å². The van der Waals surface area contributed by atoms with Crippen molar-refractivity contribution in [2.45, 2.75) is 6.92 Å². The Morgan fingerprint density at radius 3 is 3.00 bits per heavy atom. The number of ether oxygens (including phenoxy) is 1. The van der Waals surface area contributed by atoms with Gasteiger partial charge in [-0.2, -0.15) is 0 Å². The molecule has 2 aromatic rings. The smallest absolute Gasteiger partial charge is 0.338 e. The monoisotopic (exact) mass is 218 g/mol. The second-order valence-electron chi connectivity index (χ2n) is 3.20. The quantitative estimate of drug-likeness (QED) is 0.586. The number of fused-ring (bicyclic) bond motifs is 1. The normalized spacial score (nSPS) is 10.3. The number of rotatable bonds is 3. The second kappa shape index (κ2) is 4.18. The summed E-state index contributed by atoms with van der Waals surface area (Å²) in [7, 11) is 0. The van der Waals surface area contributed by atoms with Crippen molar-refractivity contribution in [2.75, 3.05) is 6.61 Å². The van der Waals surface area contributed by atoms with Crippen LogP contribution in [0.1, 0.15) is 27.8 Å². The lowest BCUT2D eigenvalue weighted by atomic mass is 10.1. The van der Waals surface area contributed by atoms with Crippen LogP contribution in [0.5, 0.6) is 0 Å². The predicted molar refractivity (Wildman–Crippen MR) is 57.6 cm³/mol. The van der Waals surface area contributed by atoms with Gasteiger partial charge in [-0.05, 0) is 25.1 Å². The Morgan fingerprint density at radius 1 is 1.50 bits per heavy atom. The summed E-state index contributed by atoms with van der Waals surface area (Å²) < 4.78 is 10.1. The summed E-state index contributed by atoms with van der Waals surface area (Å²) in [5, 5.41) is 0.600. The fourth-order valence-corrected chi connectivity index (χ4v) is 1.53. The molecule has 0 amide bonds. The molecule has 0 bridgehead atoms. The lowest BCUT2D eigenvalue weighted by Gasteiger charge is -2.01. The number of hydrogen-bond donors (Lipinski definition) is 0. The Kier molecular flexibility index (Phi) is 2.72. The van der Waals surface area contributed by atoms with E-state index in [2.05, 4.69) is 0 Å². The van der Waals surface area contributed by atoms with Gasteiger partial charge < -0.3 is 9.15 Å². The Balaban J connectivity index is 2.56. The summed E-state index contributed by atoms with van der Waals surface area (Å²) in [6.45, 7) is 2.05. The first kappa shape index (κ1) is 10.4. The molecule has 0 fully saturated rings.